The first-order valence-electron chi connectivity index (χ1n) is 9.94. The summed E-state index contributed by atoms with van der Waals surface area (Å²) in [6.45, 7) is 5.30. The molecule has 1 amide bonds. The number of aromatic nitrogens is 3. The molecule has 0 fully saturated rings. The largest absolute Gasteiger partial charge is 0.480 e. The third-order valence-electron chi connectivity index (χ3n) is 4.93. The number of nitrogens with zero attached hydrogens (tertiary/aromatic N) is 3. The van der Waals surface area contributed by atoms with Gasteiger partial charge in [0.2, 0.25) is 5.91 Å². The van der Waals surface area contributed by atoms with E-state index in [1.54, 1.807) is 6.08 Å². The number of hydrogen-bond donors (Lipinski definition) is 4. The molecule has 0 saturated heterocycles. The summed E-state index contributed by atoms with van der Waals surface area (Å²) < 4.78 is 7.32. The van der Waals surface area contributed by atoms with Gasteiger partial charge in [-0.2, -0.15) is 0 Å². The number of hydrogen-bond acceptors (Lipinski definition) is 7. The summed E-state index contributed by atoms with van der Waals surface area (Å²) >= 11 is 0. The summed E-state index contributed by atoms with van der Waals surface area (Å²) in [5, 5.41) is 32.2. The molecule has 11 heteroatoms. The molecule has 3 atom stereocenters. The molecule has 2 rings (SSSR count). The van der Waals surface area contributed by atoms with Gasteiger partial charge in [0.1, 0.15) is 6.54 Å². The van der Waals surface area contributed by atoms with E-state index in [4.69, 9.17) is 9.84 Å². The molecule has 0 unspecified atom stereocenters. The van der Waals surface area contributed by atoms with Crippen LogP contribution in [-0.2, 0) is 32.2 Å². The van der Waals surface area contributed by atoms with Crippen LogP contribution >= 0.6 is 0 Å². The number of carbonyl (C=O) groups excluding carboxylic acids is 1. The molecule has 1 aromatic heterocycles. The third kappa shape index (κ3) is 6.63. The van der Waals surface area contributed by atoms with Gasteiger partial charge in [-0.1, -0.05) is 19.1 Å². The zero-order chi connectivity index (χ0) is 22.3. The van der Waals surface area contributed by atoms with Crippen molar-refractivity contribution in [1.82, 2.24) is 25.6 Å². The Morgan fingerprint density at radius 3 is 2.57 bits per heavy atom. The molecule has 1 aliphatic rings. The van der Waals surface area contributed by atoms with Crippen LogP contribution in [0.5, 0.6) is 0 Å². The third-order valence-corrected chi connectivity index (χ3v) is 4.93. The van der Waals surface area contributed by atoms with Crippen molar-refractivity contribution < 1.29 is 29.3 Å². The Labute approximate surface area is 174 Å². The zero-order valence-electron chi connectivity index (χ0n) is 17.4. The van der Waals surface area contributed by atoms with E-state index < -0.39 is 30.1 Å². The van der Waals surface area contributed by atoms with E-state index in [1.165, 1.54) is 17.8 Å². The van der Waals surface area contributed by atoms with Crippen molar-refractivity contribution in [3.05, 3.63) is 23.5 Å². The number of amides is 1. The van der Waals surface area contributed by atoms with E-state index in [9.17, 15) is 19.5 Å². The Hall–Kier alpha value is -2.79. The number of ether oxygens (including phenoxy) is 1. The van der Waals surface area contributed by atoms with Gasteiger partial charge in [0.25, 0.3) is 0 Å². The molecule has 0 aliphatic heterocycles. The quantitative estimate of drug-likeness (QED) is 0.393. The lowest BCUT2D eigenvalue weighted by molar-refractivity contribution is -0.138. The van der Waals surface area contributed by atoms with Crippen molar-refractivity contribution in [3.63, 3.8) is 0 Å². The monoisotopic (exact) mass is 423 g/mol. The van der Waals surface area contributed by atoms with Crippen molar-refractivity contribution in [2.75, 3.05) is 0 Å². The summed E-state index contributed by atoms with van der Waals surface area (Å²) in [4.78, 5) is 34.3. The summed E-state index contributed by atoms with van der Waals surface area (Å²) in [5.74, 6) is -2.31. The Morgan fingerprint density at radius 2 is 2.00 bits per heavy atom. The van der Waals surface area contributed by atoms with E-state index >= 15 is 0 Å². The molecule has 0 aromatic carbocycles. The fraction of sp³-hybridized carbons (Fsp3) is 0.632. The number of carbonyl (C=O) groups is 3. The molecule has 0 bridgehead atoms. The van der Waals surface area contributed by atoms with Crippen LogP contribution in [0.2, 0.25) is 0 Å². The van der Waals surface area contributed by atoms with Crippen LogP contribution in [0.25, 0.3) is 0 Å². The fourth-order valence-electron chi connectivity index (χ4n) is 3.44. The molecule has 4 N–H and O–H groups in total. The maximum absolute atomic E-state index is 11.8. The van der Waals surface area contributed by atoms with Crippen molar-refractivity contribution in [2.24, 2.45) is 0 Å². The van der Waals surface area contributed by atoms with E-state index in [-0.39, 0.29) is 37.1 Å². The van der Waals surface area contributed by atoms with Crippen molar-refractivity contribution >= 4 is 17.8 Å². The van der Waals surface area contributed by atoms with Crippen LogP contribution < -0.4 is 10.6 Å². The van der Waals surface area contributed by atoms with Gasteiger partial charge in [0, 0.05) is 25.1 Å². The summed E-state index contributed by atoms with van der Waals surface area (Å²) in [7, 11) is 0. The number of carboxylic acids is 2. The van der Waals surface area contributed by atoms with E-state index in [2.05, 4.69) is 20.9 Å². The van der Waals surface area contributed by atoms with Gasteiger partial charge in [-0.3, -0.25) is 9.59 Å². The molecule has 0 saturated carbocycles. The maximum Gasteiger partial charge on any atom is 0.331 e. The maximum atomic E-state index is 11.8. The van der Waals surface area contributed by atoms with Gasteiger partial charge in [-0.05, 0) is 25.3 Å². The molecular formula is C19H29N5O6. The van der Waals surface area contributed by atoms with E-state index in [1.807, 2.05) is 13.8 Å². The first-order valence-corrected chi connectivity index (χ1v) is 9.94. The Morgan fingerprint density at radius 1 is 1.30 bits per heavy atom. The highest BCUT2D eigenvalue weighted by molar-refractivity contribution is 5.87. The lowest BCUT2D eigenvalue weighted by Crippen LogP contribution is -2.58. The molecule has 0 radical (unpaired) electrons. The highest BCUT2D eigenvalue weighted by Gasteiger charge is 2.37. The van der Waals surface area contributed by atoms with Crippen molar-refractivity contribution in [2.45, 2.75) is 77.4 Å². The van der Waals surface area contributed by atoms with Gasteiger partial charge < -0.3 is 25.6 Å². The smallest absolute Gasteiger partial charge is 0.331 e. The van der Waals surface area contributed by atoms with Crippen LogP contribution in [-0.4, -0.2) is 67.3 Å². The molecule has 30 heavy (non-hydrogen) atoms. The van der Waals surface area contributed by atoms with Crippen LogP contribution in [0.15, 0.2) is 17.8 Å². The van der Waals surface area contributed by atoms with Gasteiger partial charge in [0.05, 0.1) is 30.1 Å². The highest BCUT2D eigenvalue weighted by Crippen LogP contribution is 2.24. The predicted molar refractivity (Wildman–Crippen MR) is 105 cm³/mol. The molecule has 1 aliphatic carbocycles. The summed E-state index contributed by atoms with van der Waals surface area (Å²) in [6.07, 6.45) is 4.13. The lowest BCUT2D eigenvalue weighted by atomic mass is 9.87. The molecule has 11 nitrogen and oxygen atoms in total. The van der Waals surface area contributed by atoms with Crippen LogP contribution in [0.1, 0.15) is 45.7 Å². The topological polar surface area (TPSA) is 156 Å². The molecule has 0 spiro atoms. The van der Waals surface area contributed by atoms with Crippen molar-refractivity contribution in [1.29, 1.82) is 0 Å². The first kappa shape index (κ1) is 23.5. The second kappa shape index (κ2) is 10.8. The fourth-order valence-corrected chi connectivity index (χ4v) is 3.44. The molecule has 1 aromatic rings. The zero-order valence-corrected chi connectivity index (χ0v) is 17.4. The normalized spacial score (nSPS) is 21.3. The summed E-state index contributed by atoms with van der Waals surface area (Å²) in [6, 6.07) is -0.894. The van der Waals surface area contributed by atoms with Gasteiger partial charge in [-0.25, -0.2) is 9.48 Å². The standard InChI is InChI=1S/C19H29N5O6/c1-4-14(5-2)30-16-7-12(19(28)29)6-15(18(16)21-11(3)25)20-8-13-9-24(23-22-13)10-17(26)27/h7,9,14-16,18,20H,4-6,8,10H2,1-3H3,(H,21,25)(H,26,27)(H,28,29)/t15-,16+,18+/m0/s1. The minimum Gasteiger partial charge on any atom is -0.480 e. The Balaban J connectivity index is 2.20. The summed E-state index contributed by atoms with van der Waals surface area (Å²) in [5.41, 5.74) is 0.710. The minimum atomic E-state index is -1.03. The average molecular weight is 423 g/mol. The number of aliphatic carboxylic acids is 2. The lowest BCUT2D eigenvalue weighted by Gasteiger charge is -2.38. The minimum absolute atomic E-state index is 0.0628. The Kier molecular flexibility index (Phi) is 8.48. The molecule has 1 heterocycles. The highest BCUT2D eigenvalue weighted by atomic mass is 16.5. The van der Waals surface area contributed by atoms with E-state index in [0.29, 0.717) is 5.69 Å². The first-order chi connectivity index (χ1) is 14.2. The Bertz CT molecular complexity index is 788. The van der Waals surface area contributed by atoms with Crippen LogP contribution in [0.3, 0.4) is 0 Å². The SMILES string of the molecule is CCC(CC)O[C@@H]1C=C(C(=O)O)C[C@H](NCc2cn(CC(=O)O)nn2)[C@H]1NC(C)=O. The molecular weight excluding hydrogens is 394 g/mol. The second-order valence-corrected chi connectivity index (χ2v) is 7.26. The van der Waals surface area contributed by atoms with Gasteiger partial charge in [0.15, 0.2) is 0 Å². The number of rotatable bonds is 11. The predicted octanol–water partition coefficient (Wildman–Crippen LogP) is 0.314. The number of carboxylic acid groups (broad SMARTS) is 2. The van der Waals surface area contributed by atoms with E-state index in [0.717, 1.165) is 12.8 Å². The van der Waals surface area contributed by atoms with Crippen molar-refractivity contribution in [3.8, 4) is 0 Å². The average Bonchev–Trinajstić information content (AvgIpc) is 3.11. The second-order valence-electron chi connectivity index (χ2n) is 7.26. The van der Waals surface area contributed by atoms with Gasteiger partial charge >= 0.3 is 11.9 Å². The van der Waals surface area contributed by atoms with Crippen LogP contribution in [0, 0.1) is 0 Å². The molecule has 166 valence electrons. The van der Waals surface area contributed by atoms with Crippen LogP contribution in [0.4, 0.5) is 0 Å². The van der Waals surface area contributed by atoms with Gasteiger partial charge in [-0.15, -0.1) is 5.10 Å². The number of nitrogens with one attached hydrogen (secondary N) is 2.